The van der Waals surface area contributed by atoms with Gasteiger partial charge in [-0.2, -0.15) is 13.2 Å². The number of aliphatic imine (C=N–C) groups is 1. The van der Waals surface area contributed by atoms with E-state index in [1.165, 1.54) is 0 Å². The van der Waals surface area contributed by atoms with Crippen molar-refractivity contribution in [3.05, 3.63) is 16.1 Å². The van der Waals surface area contributed by atoms with Gasteiger partial charge in [-0.1, -0.05) is 13.8 Å². The highest BCUT2D eigenvalue weighted by Crippen LogP contribution is 2.30. The molecule has 1 atom stereocenters. The maximum Gasteiger partial charge on any atom is 0.434 e. The maximum atomic E-state index is 12.7. The maximum absolute atomic E-state index is 12.7. The van der Waals surface area contributed by atoms with E-state index in [9.17, 15) is 13.2 Å². The highest BCUT2D eigenvalue weighted by molar-refractivity contribution is 7.09. The van der Waals surface area contributed by atoms with E-state index in [-0.39, 0.29) is 0 Å². The fourth-order valence-corrected chi connectivity index (χ4v) is 4.01. The number of halogens is 3. The lowest BCUT2D eigenvalue weighted by Crippen LogP contribution is -2.46. The Morgan fingerprint density at radius 2 is 2.03 bits per heavy atom. The minimum absolute atomic E-state index is 0.350. The summed E-state index contributed by atoms with van der Waals surface area (Å²) >= 11 is 1.04. The monoisotopic (exact) mass is 435 g/mol. The Morgan fingerprint density at radius 3 is 2.62 bits per heavy atom. The summed E-state index contributed by atoms with van der Waals surface area (Å²) in [7, 11) is 0. The summed E-state index contributed by atoms with van der Waals surface area (Å²) in [5, 5.41) is 7.95. The first-order valence-electron chi connectivity index (χ1n) is 10.1. The SMILES string of the molecule is CCNC(=NCC(CC(C)C)N1CCOCC1)NCCc1nc(C(F)(F)F)cs1. The third kappa shape index (κ3) is 8.47. The molecule has 1 fully saturated rings. The smallest absolute Gasteiger partial charge is 0.379 e. The fraction of sp³-hybridized carbons (Fsp3) is 0.789. The summed E-state index contributed by atoms with van der Waals surface area (Å²) in [4.78, 5) is 10.8. The van der Waals surface area contributed by atoms with Crippen molar-refractivity contribution in [2.24, 2.45) is 10.9 Å². The van der Waals surface area contributed by atoms with E-state index in [0.717, 1.165) is 49.4 Å². The van der Waals surface area contributed by atoms with Crippen molar-refractivity contribution >= 4 is 17.3 Å². The Balaban J connectivity index is 1.90. The number of nitrogens with one attached hydrogen (secondary N) is 2. The number of hydrogen-bond donors (Lipinski definition) is 2. The van der Waals surface area contributed by atoms with Gasteiger partial charge in [0.05, 0.1) is 24.8 Å². The second-order valence-electron chi connectivity index (χ2n) is 7.45. The molecule has 1 aliphatic rings. The molecule has 2 heterocycles. The van der Waals surface area contributed by atoms with Gasteiger partial charge in [0.25, 0.3) is 0 Å². The zero-order valence-electron chi connectivity index (χ0n) is 17.4. The molecule has 1 aliphatic heterocycles. The molecular weight excluding hydrogens is 403 g/mol. The van der Waals surface area contributed by atoms with E-state index >= 15 is 0 Å². The van der Waals surface area contributed by atoms with Crippen molar-refractivity contribution in [1.82, 2.24) is 20.5 Å². The number of nitrogens with zero attached hydrogens (tertiary/aromatic N) is 3. The molecule has 0 radical (unpaired) electrons. The molecule has 6 nitrogen and oxygen atoms in total. The molecule has 0 bridgehead atoms. The quantitative estimate of drug-likeness (QED) is 0.461. The average molecular weight is 436 g/mol. The minimum atomic E-state index is -4.39. The molecule has 1 aromatic heterocycles. The van der Waals surface area contributed by atoms with Crippen LogP contribution in [0.1, 0.15) is 37.9 Å². The molecule has 0 spiro atoms. The van der Waals surface area contributed by atoms with Crippen molar-refractivity contribution in [3.63, 3.8) is 0 Å². The number of alkyl halides is 3. The van der Waals surface area contributed by atoms with Gasteiger partial charge in [-0.3, -0.25) is 9.89 Å². The van der Waals surface area contributed by atoms with Crippen LogP contribution in [0.5, 0.6) is 0 Å². The highest BCUT2D eigenvalue weighted by Gasteiger charge is 2.33. The Hall–Kier alpha value is -1.39. The Bertz CT molecular complexity index is 630. The summed E-state index contributed by atoms with van der Waals surface area (Å²) < 4.78 is 43.4. The topological polar surface area (TPSA) is 61.8 Å². The van der Waals surface area contributed by atoms with Crippen LogP contribution in [0.15, 0.2) is 10.4 Å². The lowest BCUT2D eigenvalue weighted by atomic mass is 10.0. The van der Waals surface area contributed by atoms with E-state index in [1.807, 2.05) is 6.92 Å². The van der Waals surface area contributed by atoms with Gasteiger partial charge in [-0.05, 0) is 19.3 Å². The summed E-state index contributed by atoms with van der Waals surface area (Å²) in [5.41, 5.74) is -0.819. The third-order valence-corrected chi connectivity index (χ3v) is 5.49. The molecule has 1 aromatic rings. The van der Waals surface area contributed by atoms with Crippen molar-refractivity contribution in [2.45, 2.75) is 45.8 Å². The van der Waals surface area contributed by atoms with Crippen LogP contribution in [-0.4, -0.2) is 67.8 Å². The molecule has 1 unspecified atom stereocenters. The van der Waals surface area contributed by atoms with Crippen LogP contribution in [0.3, 0.4) is 0 Å². The first-order chi connectivity index (χ1) is 13.8. The molecule has 0 aromatic carbocycles. The summed E-state index contributed by atoms with van der Waals surface area (Å²) in [5.74, 6) is 1.25. The molecule has 166 valence electrons. The number of hydrogen-bond acceptors (Lipinski definition) is 5. The first-order valence-corrected chi connectivity index (χ1v) is 11.0. The predicted molar refractivity (Wildman–Crippen MR) is 110 cm³/mol. The van der Waals surface area contributed by atoms with Crippen molar-refractivity contribution < 1.29 is 17.9 Å². The predicted octanol–water partition coefficient (Wildman–Crippen LogP) is 3.01. The second-order valence-corrected chi connectivity index (χ2v) is 8.40. The van der Waals surface area contributed by atoms with E-state index in [4.69, 9.17) is 9.73 Å². The van der Waals surface area contributed by atoms with Gasteiger partial charge < -0.3 is 15.4 Å². The van der Waals surface area contributed by atoms with Gasteiger partial charge in [0.1, 0.15) is 0 Å². The van der Waals surface area contributed by atoms with Gasteiger partial charge >= 0.3 is 6.18 Å². The van der Waals surface area contributed by atoms with Crippen LogP contribution in [0.2, 0.25) is 0 Å². The standard InChI is InChI=1S/C19H32F3N5OS/c1-4-23-18(24-6-5-17-26-16(13-29-17)19(20,21)22)25-12-15(11-14(2)3)27-7-9-28-10-8-27/h13-15H,4-12H2,1-3H3,(H2,23,24,25). The lowest BCUT2D eigenvalue weighted by Gasteiger charge is -2.34. The van der Waals surface area contributed by atoms with Crippen molar-refractivity contribution in [3.8, 4) is 0 Å². The number of ether oxygens (including phenoxy) is 1. The molecule has 0 saturated carbocycles. The molecule has 0 aliphatic carbocycles. The van der Waals surface area contributed by atoms with Crippen LogP contribution < -0.4 is 10.6 Å². The Morgan fingerprint density at radius 1 is 1.31 bits per heavy atom. The van der Waals surface area contributed by atoms with E-state index in [2.05, 4.69) is 34.4 Å². The number of aromatic nitrogens is 1. The van der Waals surface area contributed by atoms with Crippen LogP contribution in [-0.2, 0) is 17.3 Å². The molecule has 2 N–H and O–H groups in total. The zero-order chi connectivity index (χ0) is 21.3. The summed E-state index contributed by atoms with van der Waals surface area (Å²) in [6.45, 7) is 11.6. The number of guanidine groups is 1. The molecule has 2 rings (SSSR count). The lowest BCUT2D eigenvalue weighted by molar-refractivity contribution is -0.140. The largest absolute Gasteiger partial charge is 0.434 e. The second kappa shape index (κ2) is 11.7. The fourth-order valence-electron chi connectivity index (χ4n) is 3.21. The van der Waals surface area contributed by atoms with Gasteiger partial charge in [0, 0.05) is 44.0 Å². The Labute approximate surface area is 174 Å². The van der Waals surface area contributed by atoms with Gasteiger partial charge in [-0.25, -0.2) is 4.98 Å². The molecule has 29 heavy (non-hydrogen) atoms. The highest BCUT2D eigenvalue weighted by atomic mass is 32.1. The van der Waals surface area contributed by atoms with Crippen LogP contribution in [0, 0.1) is 5.92 Å². The van der Waals surface area contributed by atoms with Crippen LogP contribution >= 0.6 is 11.3 Å². The van der Waals surface area contributed by atoms with Crippen molar-refractivity contribution in [2.75, 3.05) is 45.9 Å². The van der Waals surface area contributed by atoms with E-state index in [1.54, 1.807) is 0 Å². The number of rotatable bonds is 9. The molecule has 0 amide bonds. The Kier molecular flexibility index (Phi) is 9.64. The minimum Gasteiger partial charge on any atom is -0.379 e. The average Bonchev–Trinajstić information content (AvgIpc) is 3.15. The van der Waals surface area contributed by atoms with Crippen LogP contribution in [0.4, 0.5) is 13.2 Å². The van der Waals surface area contributed by atoms with Crippen LogP contribution in [0.25, 0.3) is 0 Å². The summed E-state index contributed by atoms with van der Waals surface area (Å²) in [6, 6.07) is 0.350. The zero-order valence-corrected chi connectivity index (χ0v) is 18.2. The van der Waals surface area contributed by atoms with Gasteiger partial charge in [-0.15, -0.1) is 11.3 Å². The van der Waals surface area contributed by atoms with E-state index < -0.39 is 11.9 Å². The van der Waals surface area contributed by atoms with Crippen molar-refractivity contribution in [1.29, 1.82) is 0 Å². The molecule has 10 heteroatoms. The van der Waals surface area contributed by atoms with Gasteiger partial charge in [0.15, 0.2) is 11.7 Å². The first kappa shape index (κ1) is 23.9. The number of thiazole rings is 1. The normalized spacial score (nSPS) is 17.6. The third-order valence-electron chi connectivity index (χ3n) is 4.58. The number of morpholine rings is 1. The van der Waals surface area contributed by atoms with Gasteiger partial charge in [0.2, 0.25) is 0 Å². The molecule has 1 saturated heterocycles. The molecular formula is C19H32F3N5OS. The van der Waals surface area contributed by atoms with E-state index in [0.29, 0.717) is 49.0 Å². The summed E-state index contributed by atoms with van der Waals surface area (Å²) in [6.07, 6.45) is -2.91.